The van der Waals surface area contributed by atoms with Gasteiger partial charge in [-0.25, -0.2) is 8.78 Å². The summed E-state index contributed by atoms with van der Waals surface area (Å²) < 4.78 is 29.8. The van der Waals surface area contributed by atoms with Gasteiger partial charge in [-0.05, 0) is 50.1 Å². The molecule has 0 saturated heterocycles. The Bertz CT molecular complexity index is 554. The molecule has 0 saturated carbocycles. The molecule has 1 aromatic heterocycles. The van der Waals surface area contributed by atoms with Crippen molar-refractivity contribution in [1.29, 1.82) is 0 Å². The fourth-order valence-corrected chi connectivity index (χ4v) is 4.76. The van der Waals surface area contributed by atoms with Crippen LogP contribution in [-0.2, 0) is 0 Å². The molecule has 0 radical (unpaired) electrons. The van der Waals surface area contributed by atoms with E-state index in [9.17, 15) is 8.78 Å². The summed E-state index contributed by atoms with van der Waals surface area (Å²) in [5.74, 6) is -1.16. The summed E-state index contributed by atoms with van der Waals surface area (Å²) in [5.41, 5.74) is 0.0134. The number of hydrogen-bond acceptors (Lipinski definition) is 1. The lowest BCUT2D eigenvalue weighted by atomic mass is 10.1. The standard InChI is InChI=1S/C11H4Br4F2S/c12-4-1-6(16)9(7(17)2-4)10(14)8-3-5(13)11(15)18-8/h1-3,10H. The van der Waals surface area contributed by atoms with Crippen molar-refractivity contribution in [2.24, 2.45) is 0 Å². The van der Waals surface area contributed by atoms with E-state index in [1.807, 2.05) is 6.07 Å². The van der Waals surface area contributed by atoms with Gasteiger partial charge in [-0.15, -0.1) is 11.3 Å². The van der Waals surface area contributed by atoms with Crippen LogP contribution in [0.5, 0.6) is 0 Å². The zero-order valence-corrected chi connectivity index (χ0v) is 15.6. The van der Waals surface area contributed by atoms with Crippen LogP contribution >= 0.6 is 75.1 Å². The van der Waals surface area contributed by atoms with E-state index in [2.05, 4.69) is 63.7 Å². The monoisotopic (exact) mass is 522 g/mol. The third-order valence-electron chi connectivity index (χ3n) is 2.21. The van der Waals surface area contributed by atoms with Crippen molar-refractivity contribution in [3.8, 4) is 0 Å². The first kappa shape index (κ1) is 15.1. The van der Waals surface area contributed by atoms with Gasteiger partial charge in [-0.2, -0.15) is 0 Å². The molecule has 1 atom stereocenters. The van der Waals surface area contributed by atoms with Crippen molar-refractivity contribution in [2.75, 3.05) is 0 Å². The van der Waals surface area contributed by atoms with Gasteiger partial charge >= 0.3 is 0 Å². The number of rotatable bonds is 2. The van der Waals surface area contributed by atoms with Gasteiger partial charge in [0, 0.05) is 19.4 Å². The molecule has 0 aliphatic rings. The number of thiophene rings is 1. The highest BCUT2D eigenvalue weighted by Crippen LogP contribution is 2.43. The van der Waals surface area contributed by atoms with E-state index < -0.39 is 16.5 Å². The number of halogens is 6. The largest absolute Gasteiger partial charge is 0.206 e. The summed E-state index contributed by atoms with van der Waals surface area (Å²) in [4.78, 5) is 0.298. The third-order valence-corrected chi connectivity index (χ3v) is 7.24. The maximum atomic E-state index is 13.8. The quantitative estimate of drug-likeness (QED) is 0.378. The highest BCUT2D eigenvalue weighted by atomic mass is 79.9. The zero-order valence-electron chi connectivity index (χ0n) is 8.49. The van der Waals surface area contributed by atoms with E-state index in [1.165, 1.54) is 23.5 Å². The summed E-state index contributed by atoms with van der Waals surface area (Å²) in [6.07, 6.45) is 0. The Labute approximate surface area is 140 Å². The normalized spacial score (nSPS) is 12.8. The molecule has 0 aliphatic heterocycles. The highest BCUT2D eigenvalue weighted by Gasteiger charge is 2.22. The molecule has 18 heavy (non-hydrogen) atoms. The predicted molar refractivity (Wildman–Crippen MR) is 84.5 cm³/mol. The molecule has 96 valence electrons. The van der Waals surface area contributed by atoms with Gasteiger partial charge in [0.2, 0.25) is 0 Å². The van der Waals surface area contributed by atoms with E-state index in [-0.39, 0.29) is 5.56 Å². The topological polar surface area (TPSA) is 0 Å². The molecule has 2 aromatic rings. The molecule has 1 aromatic carbocycles. The average Bonchev–Trinajstić information content (AvgIpc) is 2.57. The van der Waals surface area contributed by atoms with E-state index in [0.29, 0.717) is 4.47 Å². The smallest absolute Gasteiger partial charge is 0.131 e. The van der Waals surface area contributed by atoms with E-state index in [1.54, 1.807) is 0 Å². The van der Waals surface area contributed by atoms with Crippen molar-refractivity contribution in [2.45, 2.75) is 4.83 Å². The number of benzene rings is 1. The summed E-state index contributed by atoms with van der Waals surface area (Å²) in [6.45, 7) is 0. The molecule has 0 N–H and O–H groups in total. The first-order valence-corrected chi connectivity index (χ1v) is 8.74. The van der Waals surface area contributed by atoms with Crippen molar-refractivity contribution in [3.63, 3.8) is 0 Å². The van der Waals surface area contributed by atoms with E-state index in [0.717, 1.165) is 13.1 Å². The minimum absolute atomic E-state index is 0.0134. The van der Waals surface area contributed by atoms with Crippen molar-refractivity contribution in [1.82, 2.24) is 0 Å². The van der Waals surface area contributed by atoms with E-state index >= 15 is 0 Å². The molecule has 2 rings (SSSR count). The zero-order chi connectivity index (χ0) is 13.4. The van der Waals surface area contributed by atoms with Gasteiger partial charge < -0.3 is 0 Å². The summed E-state index contributed by atoms with van der Waals surface area (Å²) in [7, 11) is 0. The van der Waals surface area contributed by atoms with Crippen LogP contribution in [0.15, 0.2) is 30.9 Å². The van der Waals surface area contributed by atoms with Crippen LogP contribution in [0.2, 0.25) is 0 Å². The number of alkyl halides is 1. The maximum Gasteiger partial charge on any atom is 0.131 e. The minimum Gasteiger partial charge on any atom is -0.206 e. The minimum atomic E-state index is -0.579. The molecule has 1 unspecified atom stereocenters. The maximum absolute atomic E-state index is 13.8. The highest BCUT2D eigenvalue weighted by molar-refractivity contribution is 9.13. The SMILES string of the molecule is Fc1cc(Br)cc(F)c1C(Br)c1cc(Br)c(Br)s1. The second-order valence-electron chi connectivity index (χ2n) is 3.42. The molecular formula is C11H4Br4F2S. The lowest BCUT2D eigenvalue weighted by molar-refractivity contribution is 0.560. The van der Waals surface area contributed by atoms with Gasteiger partial charge in [0.25, 0.3) is 0 Å². The van der Waals surface area contributed by atoms with Gasteiger partial charge in [0.15, 0.2) is 0 Å². The first-order chi connectivity index (χ1) is 8.40. The fourth-order valence-electron chi connectivity index (χ4n) is 1.43. The Balaban J connectivity index is 2.49. The molecule has 0 aliphatic carbocycles. The summed E-state index contributed by atoms with van der Waals surface area (Å²) in [6, 6.07) is 4.34. The van der Waals surface area contributed by atoms with Crippen LogP contribution in [0.1, 0.15) is 15.3 Å². The summed E-state index contributed by atoms with van der Waals surface area (Å²) in [5, 5.41) is 0. The third kappa shape index (κ3) is 3.06. The second-order valence-corrected chi connectivity index (χ2v) is 8.50. The van der Waals surface area contributed by atoms with Crippen molar-refractivity contribution >= 4 is 75.1 Å². The van der Waals surface area contributed by atoms with Crippen LogP contribution in [0, 0.1) is 11.6 Å². The molecule has 0 spiro atoms. The van der Waals surface area contributed by atoms with Crippen LogP contribution in [-0.4, -0.2) is 0 Å². The molecule has 0 fully saturated rings. The predicted octanol–water partition coefficient (Wildman–Crippen LogP) is 6.80. The molecule has 0 amide bonds. The Hall–Kier alpha value is 0.700. The Morgan fingerprint density at radius 3 is 2.00 bits per heavy atom. The van der Waals surface area contributed by atoms with Crippen LogP contribution in [0.25, 0.3) is 0 Å². The fraction of sp³-hybridized carbons (Fsp3) is 0.0909. The van der Waals surface area contributed by atoms with Gasteiger partial charge in [-0.1, -0.05) is 31.9 Å². The second kappa shape index (κ2) is 5.99. The summed E-state index contributed by atoms with van der Waals surface area (Å²) >= 11 is 14.5. The molecule has 0 nitrogen and oxygen atoms in total. The van der Waals surface area contributed by atoms with Crippen LogP contribution < -0.4 is 0 Å². The lowest BCUT2D eigenvalue weighted by Crippen LogP contribution is -1.99. The molecule has 0 bridgehead atoms. The van der Waals surface area contributed by atoms with Crippen molar-refractivity contribution < 1.29 is 8.78 Å². The van der Waals surface area contributed by atoms with Crippen molar-refractivity contribution in [3.05, 3.63) is 53.0 Å². The van der Waals surface area contributed by atoms with E-state index in [4.69, 9.17) is 0 Å². The Morgan fingerprint density at radius 2 is 1.56 bits per heavy atom. The van der Waals surface area contributed by atoms with Gasteiger partial charge in [0.05, 0.1) is 8.61 Å². The first-order valence-electron chi connectivity index (χ1n) is 4.63. The molecule has 7 heteroatoms. The van der Waals surface area contributed by atoms with Gasteiger partial charge in [-0.3, -0.25) is 0 Å². The molecule has 1 heterocycles. The molecular weight excluding hydrogens is 522 g/mol. The van der Waals surface area contributed by atoms with Gasteiger partial charge in [0.1, 0.15) is 11.6 Å². The van der Waals surface area contributed by atoms with Crippen LogP contribution in [0.3, 0.4) is 0 Å². The lowest BCUT2D eigenvalue weighted by Gasteiger charge is -2.11. The van der Waals surface area contributed by atoms with Crippen LogP contribution in [0.4, 0.5) is 8.78 Å². The average molecular weight is 526 g/mol. The number of hydrogen-bond donors (Lipinski definition) is 0. The Morgan fingerprint density at radius 1 is 1.00 bits per heavy atom. The Kier molecular flexibility index (Phi) is 5.03.